The van der Waals surface area contributed by atoms with Gasteiger partial charge in [0.25, 0.3) is 5.91 Å². The van der Waals surface area contributed by atoms with Crippen molar-refractivity contribution in [3.63, 3.8) is 0 Å². The second-order valence-electron chi connectivity index (χ2n) is 6.72. The number of hydrogen-bond acceptors (Lipinski definition) is 8. The van der Waals surface area contributed by atoms with Gasteiger partial charge in [0.2, 0.25) is 0 Å². The summed E-state index contributed by atoms with van der Waals surface area (Å²) < 4.78 is 20.8. The van der Waals surface area contributed by atoms with E-state index in [2.05, 4.69) is 0 Å². The number of hydrogen-bond donors (Lipinski definition) is 0. The maximum absolute atomic E-state index is 12.5. The first kappa shape index (κ1) is 21.9. The van der Waals surface area contributed by atoms with Crippen LogP contribution in [0.5, 0.6) is 17.2 Å². The molecule has 1 heterocycles. The van der Waals surface area contributed by atoms with E-state index in [0.29, 0.717) is 31.0 Å². The number of amides is 1. The normalized spacial score (nSPS) is 12.5. The predicted molar refractivity (Wildman–Crippen MR) is 108 cm³/mol. The van der Waals surface area contributed by atoms with Crippen molar-refractivity contribution in [1.82, 2.24) is 4.90 Å². The summed E-state index contributed by atoms with van der Waals surface area (Å²) in [4.78, 5) is 36.3. The Morgan fingerprint density at radius 3 is 2.39 bits per heavy atom. The van der Waals surface area contributed by atoms with E-state index >= 15 is 0 Å². The standard InChI is InChI=1S/C21H22N2O8/c1-28-18-9-14-7-8-22(11-15(14)10-19(18)29-2)20(24)12-31-21(25)13-30-17-6-4-3-5-16(17)23(26)27/h3-6,9-10H,7-8,11-13H2,1-2H3. The van der Waals surface area contributed by atoms with Crippen molar-refractivity contribution < 1.29 is 33.5 Å². The van der Waals surface area contributed by atoms with Crippen LogP contribution in [0, 0.1) is 10.1 Å². The van der Waals surface area contributed by atoms with Gasteiger partial charge in [-0.05, 0) is 35.7 Å². The molecule has 2 aromatic carbocycles. The molecule has 164 valence electrons. The third-order valence-electron chi connectivity index (χ3n) is 4.83. The van der Waals surface area contributed by atoms with Crippen molar-refractivity contribution in [2.24, 2.45) is 0 Å². The Labute approximate surface area is 178 Å². The van der Waals surface area contributed by atoms with E-state index in [9.17, 15) is 19.7 Å². The Hall–Kier alpha value is -3.82. The number of nitro benzene ring substituents is 1. The van der Waals surface area contributed by atoms with Gasteiger partial charge in [0.15, 0.2) is 30.5 Å². The molecule has 10 nitrogen and oxygen atoms in total. The third kappa shape index (κ3) is 5.21. The van der Waals surface area contributed by atoms with Crippen molar-refractivity contribution in [1.29, 1.82) is 0 Å². The van der Waals surface area contributed by atoms with Gasteiger partial charge in [-0.15, -0.1) is 0 Å². The summed E-state index contributed by atoms with van der Waals surface area (Å²) in [6.45, 7) is -0.149. The summed E-state index contributed by atoms with van der Waals surface area (Å²) in [5.74, 6) is 0.0188. The summed E-state index contributed by atoms with van der Waals surface area (Å²) in [6.07, 6.45) is 0.635. The van der Waals surface area contributed by atoms with Gasteiger partial charge in [-0.25, -0.2) is 4.79 Å². The number of methoxy groups -OCH3 is 2. The maximum atomic E-state index is 12.5. The first-order chi connectivity index (χ1) is 14.9. The molecule has 10 heteroatoms. The number of nitro groups is 1. The number of benzene rings is 2. The van der Waals surface area contributed by atoms with Gasteiger partial charge in [-0.2, -0.15) is 0 Å². The average Bonchev–Trinajstić information content (AvgIpc) is 2.79. The van der Waals surface area contributed by atoms with Crippen molar-refractivity contribution in [3.05, 3.63) is 57.6 Å². The highest BCUT2D eigenvalue weighted by Gasteiger charge is 2.24. The highest BCUT2D eigenvalue weighted by molar-refractivity contribution is 5.81. The molecule has 0 aliphatic carbocycles. The van der Waals surface area contributed by atoms with E-state index < -0.39 is 24.1 Å². The molecule has 2 aromatic rings. The summed E-state index contributed by atoms with van der Waals surface area (Å²) in [7, 11) is 3.11. The predicted octanol–water partition coefficient (Wildman–Crippen LogP) is 2.12. The number of rotatable bonds is 8. The molecule has 0 atom stereocenters. The lowest BCUT2D eigenvalue weighted by atomic mass is 9.99. The van der Waals surface area contributed by atoms with Crippen LogP contribution in [0.25, 0.3) is 0 Å². The average molecular weight is 430 g/mol. The minimum absolute atomic E-state index is 0.0483. The molecule has 0 bridgehead atoms. The largest absolute Gasteiger partial charge is 0.493 e. The van der Waals surface area contributed by atoms with E-state index in [1.54, 1.807) is 25.2 Å². The zero-order chi connectivity index (χ0) is 22.4. The first-order valence-electron chi connectivity index (χ1n) is 9.46. The van der Waals surface area contributed by atoms with Crippen LogP contribution in [0.4, 0.5) is 5.69 Å². The Bertz CT molecular complexity index is 991. The van der Waals surface area contributed by atoms with Crippen molar-refractivity contribution >= 4 is 17.6 Å². The van der Waals surface area contributed by atoms with Crippen LogP contribution in [0.15, 0.2) is 36.4 Å². The third-order valence-corrected chi connectivity index (χ3v) is 4.83. The number of fused-ring (bicyclic) bond motifs is 1. The smallest absolute Gasteiger partial charge is 0.344 e. The van der Waals surface area contributed by atoms with E-state index in [1.165, 1.54) is 18.2 Å². The molecule has 0 unspecified atom stereocenters. The zero-order valence-electron chi connectivity index (χ0n) is 17.2. The Morgan fingerprint density at radius 1 is 1.03 bits per heavy atom. The maximum Gasteiger partial charge on any atom is 0.344 e. The van der Waals surface area contributed by atoms with Crippen LogP contribution < -0.4 is 14.2 Å². The molecule has 1 aliphatic heterocycles. The lowest BCUT2D eigenvalue weighted by molar-refractivity contribution is -0.385. The van der Waals surface area contributed by atoms with Crippen LogP contribution in [-0.4, -0.2) is 55.7 Å². The number of carbonyl (C=O) groups excluding carboxylic acids is 2. The second kappa shape index (κ2) is 9.79. The highest BCUT2D eigenvalue weighted by atomic mass is 16.6. The minimum Gasteiger partial charge on any atom is -0.493 e. The SMILES string of the molecule is COc1cc2c(cc1OC)CN(C(=O)COC(=O)COc1ccccc1[N+](=O)[O-])CC2. The topological polar surface area (TPSA) is 117 Å². The number of nitrogens with zero attached hydrogens (tertiary/aromatic N) is 2. The molecule has 0 saturated carbocycles. The van der Waals surface area contributed by atoms with Crippen LogP contribution >= 0.6 is 0 Å². The van der Waals surface area contributed by atoms with Gasteiger partial charge < -0.3 is 23.8 Å². The Kier molecular flexibility index (Phi) is 6.91. The summed E-state index contributed by atoms with van der Waals surface area (Å²) in [5, 5.41) is 11.0. The Balaban J connectivity index is 1.52. The quantitative estimate of drug-likeness (QED) is 0.355. The fourth-order valence-electron chi connectivity index (χ4n) is 3.24. The van der Waals surface area contributed by atoms with Crippen LogP contribution in [0.1, 0.15) is 11.1 Å². The summed E-state index contributed by atoms with van der Waals surface area (Å²) in [5.41, 5.74) is 1.74. The summed E-state index contributed by atoms with van der Waals surface area (Å²) in [6, 6.07) is 9.42. The first-order valence-corrected chi connectivity index (χ1v) is 9.46. The van der Waals surface area contributed by atoms with Crippen LogP contribution in [-0.2, 0) is 27.3 Å². The van der Waals surface area contributed by atoms with Gasteiger partial charge in [-0.3, -0.25) is 14.9 Å². The van der Waals surface area contributed by atoms with E-state index in [0.717, 1.165) is 11.1 Å². The molecular weight excluding hydrogens is 408 g/mol. The molecule has 0 fully saturated rings. The van der Waals surface area contributed by atoms with Gasteiger partial charge >= 0.3 is 11.7 Å². The van der Waals surface area contributed by atoms with Crippen LogP contribution in [0.3, 0.4) is 0 Å². The lowest BCUT2D eigenvalue weighted by Crippen LogP contribution is -2.39. The molecule has 1 amide bonds. The Morgan fingerprint density at radius 2 is 1.71 bits per heavy atom. The van der Waals surface area contributed by atoms with Gasteiger partial charge in [0, 0.05) is 19.2 Å². The molecule has 3 rings (SSSR count). The minimum atomic E-state index is -0.796. The monoisotopic (exact) mass is 430 g/mol. The number of para-hydroxylation sites is 2. The van der Waals surface area contributed by atoms with Gasteiger partial charge in [0.05, 0.1) is 19.1 Å². The second-order valence-corrected chi connectivity index (χ2v) is 6.72. The lowest BCUT2D eigenvalue weighted by Gasteiger charge is -2.29. The van der Waals surface area contributed by atoms with Gasteiger partial charge in [-0.1, -0.05) is 12.1 Å². The summed E-state index contributed by atoms with van der Waals surface area (Å²) >= 11 is 0. The molecule has 0 radical (unpaired) electrons. The van der Waals surface area contributed by atoms with E-state index in [-0.39, 0.29) is 17.3 Å². The fourth-order valence-corrected chi connectivity index (χ4v) is 3.24. The van der Waals surface area contributed by atoms with Gasteiger partial charge in [0.1, 0.15) is 0 Å². The molecule has 1 aliphatic rings. The molecule has 0 saturated heterocycles. The zero-order valence-corrected chi connectivity index (χ0v) is 17.2. The van der Waals surface area contributed by atoms with Crippen molar-refractivity contribution in [3.8, 4) is 17.2 Å². The number of ether oxygens (including phenoxy) is 4. The molecule has 31 heavy (non-hydrogen) atoms. The fraction of sp³-hybridized carbons (Fsp3) is 0.333. The van der Waals surface area contributed by atoms with Crippen molar-refractivity contribution in [2.75, 3.05) is 34.0 Å². The molecule has 0 spiro atoms. The number of esters is 1. The van der Waals surface area contributed by atoms with Crippen molar-refractivity contribution in [2.45, 2.75) is 13.0 Å². The molecule has 0 aromatic heterocycles. The van der Waals surface area contributed by atoms with Crippen LogP contribution in [0.2, 0.25) is 0 Å². The highest BCUT2D eigenvalue weighted by Crippen LogP contribution is 2.33. The molecule has 0 N–H and O–H groups in total. The molecular formula is C21H22N2O8. The van der Waals surface area contributed by atoms with E-state index in [1.807, 2.05) is 12.1 Å². The van der Waals surface area contributed by atoms with E-state index in [4.69, 9.17) is 18.9 Å². The number of carbonyl (C=O) groups is 2.